The summed E-state index contributed by atoms with van der Waals surface area (Å²) in [6.07, 6.45) is 2.48. The Morgan fingerprint density at radius 1 is 0.571 bits per heavy atom. The van der Waals surface area contributed by atoms with Crippen molar-refractivity contribution in [3.63, 3.8) is 0 Å². The molecule has 2 heterocycles. The van der Waals surface area contributed by atoms with Crippen molar-refractivity contribution in [3.05, 3.63) is 0 Å². The molecule has 3 aliphatic rings. The molecule has 2 aliphatic heterocycles. The maximum absolute atomic E-state index is 11.3. The molecule has 0 aromatic rings. The third kappa shape index (κ3) is 12.8. The fraction of sp³-hybridized carbons (Fsp3) is 1.00. The van der Waals surface area contributed by atoms with E-state index < -0.39 is 91.7 Å². The van der Waals surface area contributed by atoms with Gasteiger partial charge in [-0.15, -0.1) is 0 Å². The SMILES string of the molecule is CCCCCCCCCCCCCCCCNC[C@H]1O[C@H](O[C@@H]2[C@@H](O)[C@H](O[C@H]3O[C@H](CN)[C@@H](O)[C@H](O)[C@H]3O)[C@@H](N)C[C@H]2N)[C@H](O)[C@@H](N)[C@@H]1O. The van der Waals surface area contributed by atoms with Gasteiger partial charge in [0.05, 0.1) is 12.1 Å². The van der Waals surface area contributed by atoms with Gasteiger partial charge in [-0.3, -0.25) is 0 Å². The van der Waals surface area contributed by atoms with Gasteiger partial charge in [-0.25, -0.2) is 0 Å². The Hall–Kier alpha value is -0.600. The van der Waals surface area contributed by atoms with E-state index >= 15 is 0 Å². The molecule has 1 saturated carbocycles. The number of aliphatic hydroxyl groups excluding tert-OH is 6. The summed E-state index contributed by atoms with van der Waals surface area (Å²) in [5.41, 5.74) is 24.3. The zero-order valence-electron chi connectivity index (χ0n) is 29.5. The van der Waals surface area contributed by atoms with Crippen molar-refractivity contribution in [2.45, 2.75) is 195 Å². The lowest BCUT2D eigenvalue weighted by Gasteiger charge is -2.48. The second-order valence-corrected chi connectivity index (χ2v) is 14.4. The van der Waals surface area contributed by atoms with Crippen molar-refractivity contribution in [1.82, 2.24) is 5.32 Å². The quantitative estimate of drug-likeness (QED) is 0.0589. The topological polar surface area (TPSA) is 274 Å². The van der Waals surface area contributed by atoms with Gasteiger partial charge >= 0.3 is 0 Å². The van der Waals surface area contributed by atoms with Crippen LogP contribution in [0, 0.1) is 0 Å². The van der Waals surface area contributed by atoms with Crippen molar-refractivity contribution in [2.75, 3.05) is 19.6 Å². The van der Waals surface area contributed by atoms with Crippen molar-refractivity contribution in [1.29, 1.82) is 0 Å². The molecule has 0 radical (unpaired) electrons. The van der Waals surface area contributed by atoms with Crippen LogP contribution in [0.25, 0.3) is 0 Å². The van der Waals surface area contributed by atoms with Gasteiger partial charge in [-0.05, 0) is 19.4 Å². The first-order chi connectivity index (χ1) is 23.5. The summed E-state index contributed by atoms with van der Waals surface area (Å²) in [4.78, 5) is 0. The van der Waals surface area contributed by atoms with Crippen LogP contribution in [0.5, 0.6) is 0 Å². The minimum Gasteiger partial charge on any atom is -0.389 e. The van der Waals surface area contributed by atoms with E-state index in [0.717, 1.165) is 19.4 Å². The molecule has 3 fully saturated rings. The molecular formula is C34H69N5O10. The molecular weight excluding hydrogens is 638 g/mol. The van der Waals surface area contributed by atoms with Crippen LogP contribution in [-0.2, 0) is 18.9 Å². The first kappa shape index (κ1) is 42.8. The summed E-state index contributed by atoms with van der Waals surface area (Å²) in [5.74, 6) is 0. The second kappa shape index (κ2) is 22.5. The molecule has 0 aromatic carbocycles. The standard InChI is InChI=1S/C34H69N5O10/c1-2-3-4-5-6-7-8-9-10-11-12-13-14-15-16-39-19-23-25(40)24(38)27(42)33(47-23)48-31-20(36)17-21(37)32(30(31)45)49-34-29(44)28(43)26(41)22(18-35)46-34/h20-34,39-45H,2-19,35-38H2,1H3/t20-,21+,22-,23-,24+,25-,26-,27-,28+,29-,30-,31+,32-,33-,34-/m1/s1. The minimum absolute atomic E-state index is 0.127. The van der Waals surface area contributed by atoms with E-state index in [0.29, 0.717) is 0 Å². The summed E-state index contributed by atoms with van der Waals surface area (Å²) in [7, 11) is 0. The normalized spacial score (nSPS) is 40.1. The van der Waals surface area contributed by atoms with Crippen LogP contribution in [0.4, 0.5) is 0 Å². The number of ether oxygens (including phenoxy) is 4. The average Bonchev–Trinajstić information content (AvgIpc) is 3.08. The molecule has 15 N–H and O–H groups in total. The number of hydrogen-bond acceptors (Lipinski definition) is 15. The molecule has 15 atom stereocenters. The molecule has 2 saturated heterocycles. The van der Waals surface area contributed by atoms with Crippen LogP contribution in [0.1, 0.15) is 103 Å². The van der Waals surface area contributed by atoms with E-state index in [1.165, 1.54) is 77.0 Å². The van der Waals surface area contributed by atoms with E-state index in [1.807, 2.05) is 0 Å². The maximum Gasteiger partial charge on any atom is 0.187 e. The lowest BCUT2D eigenvalue weighted by Crippen LogP contribution is -2.68. The van der Waals surface area contributed by atoms with Crippen LogP contribution >= 0.6 is 0 Å². The molecule has 0 unspecified atom stereocenters. The number of nitrogens with one attached hydrogen (secondary N) is 1. The van der Waals surface area contributed by atoms with Gasteiger partial charge < -0.3 is 77.8 Å². The molecule has 290 valence electrons. The van der Waals surface area contributed by atoms with Crippen molar-refractivity contribution in [2.24, 2.45) is 22.9 Å². The number of aliphatic hydroxyl groups is 6. The molecule has 15 nitrogen and oxygen atoms in total. The number of nitrogens with two attached hydrogens (primary N) is 4. The van der Waals surface area contributed by atoms with Crippen molar-refractivity contribution in [3.8, 4) is 0 Å². The largest absolute Gasteiger partial charge is 0.389 e. The highest BCUT2D eigenvalue weighted by Crippen LogP contribution is 2.31. The highest BCUT2D eigenvalue weighted by Gasteiger charge is 2.51. The molecule has 0 spiro atoms. The number of hydrogen-bond donors (Lipinski definition) is 11. The predicted molar refractivity (Wildman–Crippen MR) is 184 cm³/mol. The Morgan fingerprint density at radius 3 is 1.55 bits per heavy atom. The van der Waals surface area contributed by atoms with Gasteiger partial charge in [0.15, 0.2) is 12.6 Å². The van der Waals surface area contributed by atoms with Crippen molar-refractivity contribution >= 4 is 0 Å². The highest BCUT2D eigenvalue weighted by molar-refractivity contribution is 5.01. The summed E-state index contributed by atoms with van der Waals surface area (Å²) in [6.45, 7) is 3.12. The molecule has 0 amide bonds. The minimum atomic E-state index is -1.65. The summed E-state index contributed by atoms with van der Waals surface area (Å²) in [6, 6.07) is -2.68. The fourth-order valence-electron chi connectivity index (χ4n) is 7.11. The predicted octanol–water partition coefficient (Wildman–Crippen LogP) is -1.21. The lowest BCUT2D eigenvalue weighted by molar-refractivity contribution is -0.330. The van der Waals surface area contributed by atoms with Gasteiger partial charge in [0.2, 0.25) is 0 Å². The van der Waals surface area contributed by atoms with E-state index in [1.54, 1.807) is 0 Å². The summed E-state index contributed by atoms with van der Waals surface area (Å²) in [5, 5.41) is 66.9. The first-order valence-corrected chi connectivity index (χ1v) is 18.9. The van der Waals surface area contributed by atoms with Crippen LogP contribution in [0.3, 0.4) is 0 Å². The molecule has 0 aromatic heterocycles. The maximum atomic E-state index is 11.3. The zero-order chi connectivity index (χ0) is 35.9. The average molecular weight is 708 g/mol. The highest BCUT2D eigenvalue weighted by atomic mass is 16.7. The van der Waals surface area contributed by atoms with Gasteiger partial charge in [-0.2, -0.15) is 0 Å². The third-order valence-corrected chi connectivity index (χ3v) is 10.4. The second-order valence-electron chi connectivity index (χ2n) is 14.4. The monoisotopic (exact) mass is 708 g/mol. The Kier molecular flexibility index (Phi) is 19.6. The van der Waals surface area contributed by atoms with Gasteiger partial charge in [0, 0.05) is 25.2 Å². The van der Waals surface area contributed by atoms with Gasteiger partial charge in [0.1, 0.15) is 54.9 Å². The van der Waals surface area contributed by atoms with E-state index in [9.17, 15) is 30.6 Å². The summed E-state index contributed by atoms with van der Waals surface area (Å²) >= 11 is 0. The molecule has 0 bridgehead atoms. The van der Waals surface area contributed by atoms with Crippen LogP contribution < -0.4 is 28.3 Å². The van der Waals surface area contributed by atoms with Gasteiger partial charge in [-0.1, -0.05) is 90.4 Å². The molecule has 49 heavy (non-hydrogen) atoms. The summed E-state index contributed by atoms with van der Waals surface area (Å²) < 4.78 is 23.3. The molecule has 15 heteroatoms. The fourth-order valence-corrected chi connectivity index (χ4v) is 7.11. The first-order valence-electron chi connectivity index (χ1n) is 18.9. The zero-order valence-corrected chi connectivity index (χ0v) is 29.5. The van der Waals surface area contributed by atoms with Crippen LogP contribution in [-0.4, -0.2) is 142 Å². The Bertz CT molecular complexity index is 883. The lowest BCUT2D eigenvalue weighted by atomic mass is 9.84. The van der Waals surface area contributed by atoms with E-state index in [-0.39, 0.29) is 19.5 Å². The third-order valence-electron chi connectivity index (χ3n) is 10.4. The number of rotatable bonds is 22. The van der Waals surface area contributed by atoms with Gasteiger partial charge in [0.25, 0.3) is 0 Å². The van der Waals surface area contributed by atoms with Crippen LogP contribution in [0.15, 0.2) is 0 Å². The van der Waals surface area contributed by atoms with E-state index in [2.05, 4.69) is 12.2 Å². The van der Waals surface area contributed by atoms with Crippen LogP contribution in [0.2, 0.25) is 0 Å². The van der Waals surface area contributed by atoms with E-state index in [4.69, 9.17) is 41.9 Å². The molecule has 1 aliphatic carbocycles. The number of unbranched alkanes of at least 4 members (excludes halogenated alkanes) is 13. The molecule has 3 rings (SSSR count). The smallest absolute Gasteiger partial charge is 0.187 e. The Labute approximate surface area is 292 Å². The Balaban J connectivity index is 1.39. The Morgan fingerprint density at radius 2 is 1.04 bits per heavy atom. The van der Waals surface area contributed by atoms with Crippen molar-refractivity contribution < 1.29 is 49.6 Å².